The summed E-state index contributed by atoms with van der Waals surface area (Å²) >= 11 is 0. The number of Topliss-reactive ketones (excluding diaryl/α,β-unsaturated/α-hetero) is 1. The van der Waals surface area contributed by atoms with E-state index in [0.29, 0.717) is 28.0 Å². The predicted molar refractivity (Wildman–Crippen MR) is 122 cm³/mol. The van der Waals surface area contributed by atoms with Crippen LogP contribution in [-0.4, -0.2) is 28.9 Å². The van der Waals surface area contributed by atoms with Crippen molar-refractivity contribution in [2.75, 3.05) is 12.0 Å². The van der Waals surface area contributed by atoms with E-state index in [2.05, 4.69) is 4.98 Å². The summed E-state index contributed by atoms with van der Waals surface area (Å²) in [5.74, 6) is -1.37. The Morgan fingerprint density at radius 2 is 1.91 bits per heavy atom. The fraction of sp³-hybridized carbons (Fsp3) is 0.115. The number of pyridine rings is 1. The third-order valence-corrected chi connectivity index (χ3v) is 5.72. The average molecular weight is 440 g/mol. The minimum atomic E-state index is -0.864. The quantitative estimate of drug-likeness (QED) is 0.443. The second-order valence-corrected chi connectivity index (χ2v) is 7.78. The Bertz CT molecular complexity index is 1400. The van der Waals surface area contributed by atoms with Crippen LogP contribution in [-0.2, 0) is 4.79 Å². The number of ether oxygens (including phenoxy) is 1. The number of anilines is 1. The van der Waals surface area contributed by atoms with Gasteiger partial charge in [-0.3, -0.25) is 19.5 Å². The van der Waals surface area contributed by atoms with Gasteiger partial charge in [0.2, 0.25) is 5.78 Å². The summed E-state index contributed by atoms with van der Waals surface area (Å²) in [5, 5.41) is 11.5. The summed E-state index contributed by atoms with van der Waals surface area (Å²) in [5.41, 5.74) is 2.52. The zero-order chi connectivity index (χ0) is 23.1. The van der Waals surface area contributed by atoms with Crippen LogP contribution in [0.2, 0.25) is 0 Å². The molecule has 0 saturated carbocycles. The molecule has 33 heavy (non-hydrogen) atoms. The maximum atomic E-state index is 13.6. The number of fused-ring (bicyclic) bond motifs is 1. The van der Waals surface area contributed by atoms with Crippen LogP contribution in [0.25, 0.3) is 11.0 Å². The maximum Gasteiger partial charge on any atom is 0.294 e. The molecule has 0 spiro atoms. The molecular weight excluding hydrogens is 420 g/mol. The van der Waals surface area contributed by atoms with Crippen LogP contribution in [0.4, 0.5) is 5.69 Å². The van der Waals surface area contributed by atoms with Gasteiger partial charge in [0.15, 0.2) is 22.9 Å². The van der Waals surface area contributed by atoms with E-state index in [1.165, 1.54) is 12.0 Å². The third kappa shape index (κ3) is 3.34. The first kappa shape index (κ1) is 20.5. The van der Waals surface area contributed by atoms with Gasteiger partial charge in [0, 0.05) is 23.5 Å². The molecule has 0 saturated heterocycles. The monoisotopic (exact) mass is 440 g/mol. The molecule has 0 radical (unpaired) electrons. The second-order valence-electron chi connectivity index (χ2n) is 7.78. The molecule has 1 aliphatic rings. The van der Waals surface area contributed by atoms with Gasteiger partial charge in [-0.25, -0.2) is 0 Å². The molecule has 1 atom stereocenters. The van der Waals surface area contributed by atoms with Crippen LogP contribution in [0.1, 0.15) is 27.7 Å². The molecular formula is C26H20N2O5. The lowest BCUT2D eigenvalue weighted by Crippen LogP contribution is -2.31. The van der Waals surface area contributed by atoms with Crippen molar-refractivity contribution in [1.29, 1.82) is 0 Å². The van der Waals surface area contributed by atoms with Gasteiger partial charge in [-0.05, 0) is 42.8 Å². The van der Waals surface area contributed by atoms with Crippen LogP contribution < -0.4 is 9.64 Å². The van der Waals surface area contributed by atoms with E-state index in [4.69, 9.17) is 9.15 Å². The van der Waals surface area contributed by atoms with E-state index in [1.54, 1.807) is 60.9 Å². The van der Waals surface area contributed by atoms with Crippen molar-refractivity contribution < 1.29 is 23.8 Å². The summed E-state index contributed by atoms with van der Waals surface area (Å²) in [6, 6.07) is 16.8. The number of benzene rings is 2. The van der Waals surface area contributed by atoms with Crippen molar-refractivity contribution in [2.24, 2.45) is 0 Å². The highest BCUT2D eigenvalue weighted by atomic mass is 16.5. The van der Waals surface area contributed by atoms with Gasteiger partial charge in [-0.2, -0.15) is 0 Å². The maximum absolute atomic E-state index is 13.6. The smallest absolute Gasteiger partial charge is 0.294 e. The van der Waals surface area contributed by atoms with Crippen molar-refractivity contribution in [1.82, 2.24) is 4.98 Å². The molecule has 3 heterocycles. The van der Waals surface area contributed by atoms with Crippen molar-refractivity contribution >= 4 is 28.3 Å². The van der Waals surface area contributed by atoms with Crippen molar-refractivity contribution in [3.63, 3.8) is 0 Å². The molecule has 7 nitrogen and oxygen atoms in total. The highest BCUT2D eigenvalue weighted by molar-refractivity contribution is 6.20. The number of nitrogens with zero attached hydrogens (tertiary/aromatic N) is 2. The number of rotatable bonds is 5. The first-order valence-electron chi connectivity index (χ1n) is 10.3. The fourth-order valence-corrected chi connectivity index (χ4v) is 4.10. The summed E-state index contributed by atoms with van der Waals surface area (Å²) in [6.07, 6.45) is 3.18. The molecule has 1 amide bonds. The number of para-hydroxylation sites is 1. The first-order chi connectivity index (χ1) is 16.0. The topological polar surface area (TPSA) is 92.9 Å². The molecule has 0 bridgehead atoms. The largest absolute Gasteiger partial charge is 0.503 e. The number of aliphatic hydroxyl groups is 1. The fourth-order valence-electron chi connectivity index (χ4n) is 4.10. The van der Waals surface area contributed by atoms with Gasteiger partial charge in [-0.15, -0.1) is 0 Å². The Kier molecular flexibility index (Phi) is 4.94. The minimum Gasteiger partial charge on any atom is -0.503 e. The number of hydrogen-bond acceptors (Lipinski definition) is 6. The summed E-state index contributed by atoms with van der Waals surface area (Å²) in [4.78, 5) is 32.4. The number of amides is 1. The Labute approximate surface area is 189 Å². The van der Waals surface area contributed by atoms with E-state index in [9.17, 15) is 14.7 Å². The number of furan rings is 1. The van der Waals surface area contributed by atoms with Gasteiger partial charge in [-0.1, -0.05) is 35.9 Å². The van der Waals surface area contributed by atoms with E-state index in [1.807, 2.05) is 19.1 Å². The minimum absolute atomic E-state index is 0.00324. The van der Waals surface area contributed by atoms with Gasteiger partial charge in [0.25, 0.3) is 5.91 Å². The first-order valence-corrected chi connectivity index (χ1v) is 10.3. The summed E-state index contributed by atoms with van der Waals surface area (Å²) in [6.45, 7) is 1.94. The van der Waals surface area contributed by atoms with Crippen LogP contribution in [0, 0.1) is 6.92 Å². The Hall–Kier alpha value is -4.39. The number of carbonyl (C=O) groups is 2. The lowest BCUT2D eigenvalue weighted by molar-refractivity contribution is -0.117. The summed E-state index contributed by atoms with van der Waals surface area (Å²) in [7, 11) is 1.51. The van der Waals surface area contributed by atoms with Crippen molar-refractivity contribution in [3.8, 4) is 5.75 Å². The van der Waals surface area contributed by atoms with E-state index < -0.39 is 23.5 Å². The SMILES string of the molecule is COc1cccc2cc(C(=O)C3=C(O)C(=O)N(c4ccc(C)cc4)C3c3cccnc3)oc12. The molecule has 0 fully saturated rings. The standard InChI is InChI=1S/C26H20N2O5/c1-15-8-10-18(11-9-15)28-22(17-6-4-12-27-14-17)21(24(30)26(28)31)23(29)20-13-16-5-3-7-19(32-2)25(16)33-20/h3-14,22,30H,1-2H3. The van der Waals surface area contributed by atoms with Crippen LogP contribution >= 0.6 is 0 Å². The molecule has 1 N–H and O–H groups in total. The van der Waals surface area contributed by atoms with Crippen molar-refractivity contribution in [3.05, 3.63) is 101 Å². The lowest BCUT2D eigenvalue weighted by atomic mass is 9.96. The van der Waals surface area contributed by atoms with Crippen LogP contribution in [0.5, 0.6) is 5.75 Å². The van der Waals surface area contributed by atoms with Crippen molar-refractivity contribution in [2.45, 2.75) is 13.0 Å². The van der Waals surface area contributed by atoms with Crippen LogP contribution in [0.3, 0.4) is 0 Å². The Morgan fingerprint density at radius 3 is 2.61 bits per heavy atom. The third-order valence-electron chi connectivity index (χ3n) is 5.72. The Balaban J connectivity index is 1.65. The number of hydrogen-bond donors (Lipinski definition) is 1. The Morgan fingerprint density at radius 1 is 1.12 bits per heavy atom. The number of carbonyl (C=O) groups excluding carboxylic acids is 2. The number of methoxy groups -OCH3 is 1. The molecule has 2 aromatic heterocycles. The lowest BCUT2D eigenvalue weighted by Gasteiger charge is -2.26. The molecule has 4 aromatic rings. The van der Waals surface area contributed by atoms with Crippen LogP contribution in [0.15, 0.2) is 88.8 Å². The summed E-state index contributed by atoms with van der Waals surface area (Å²) < 4.78 is 11.1. The normalized spacial score (nSPS) is 16.0. The average Bonchev–Trinajstić information content (AvgIpc) is 3.39. The zero-order valence-electron chi connectivity index (χ0n) is 18.0. The van der Waals surface area contributed by atoms with E-state index >= 15 is 0 Å². The number of aryl methyl sites for hydroxylation is 1. The zero-order valence-corrected chi connectivity index (χ0v) is 18.0. The molecule has 1 unspecified atom stereocenters. The second kappa shape index (κ2) is 7.94. The molecule has 7 heteroatoms. The molecule has 2 aromatic carbocycles. The predicted octanol–water partition coefficient (Wildman–Crippen LogP) is 4.93. The molecule has 5 rings (SSSR count). The van der Waals surface area contributed by atoms with E-state index in [0.717, 1.165) is 5.56 Å². The van der Waals surface area contributed by atoms with Gasteiger partial charge < -0.3 is 14.3 Å². The molecule has 1 aliphatic heterocycles. The number of aromatic nitrogens is 1. The molecule has 0 aliphatic carbocycles. The van der Waals surface area contributed by atoms with Gasteiger partial charge in [0.1, 0.15) is 0 Å². The van der Waals surface area contributed by atoms with E-state index in [-0.39, 0.29) is 11.3 Å². The number of aliphatic hydroxyl groups excluding tert-OH is 1. The van der Waals surface area contributed by atoms with Gasteiger partial charge >= 0.3 is 0 Å². The number of ketones is 1. The van der Waals surface area contributed by atoms with Gasteiger partial charge in [0.05, 0.1) is 18.7 Å². The highest BCUT2D eigenvalue weighted by Gasteiger charge is 2.45. The molecule has 164 valence electrons. The highest BCUT2D eigenvalue weighted by Crippen LogP contribution is 2.42.